The molecule has 1 unspecified atom stereocenters. The number of anilines is 1. The van der Waals surface area contributed by atoms with E-state index < -0.39 is 6.10 Å². The third-order valence-corrected chi connectivity index (χ3v) is 7.40. The number of rotatable bonds is 10. The van der Waals surface area contributed by atoms with Gasteiger partial charge in [0, 0.05) is 44.0 Å². The van der Waals surface area contributed by atoms with E-state index in [2.05, 4.69) is 38.7 Å². The molecule has 1 saturated carbocycles. The summed E-state index contributed by atoms with van der Waals surface area (Å²) in [6, 6.07) is 8.05. The maximum absolute atomic E-state index is 12.6. The first-order valence-electron chi connectivity index (χ1n) is 13.0. The highest BCUT2D eigenvalue weighted by Crippen LogP contribution is 2.30. The van der Waals surface area contributed by atoms with Crippen LogP contribution in [0.3, 0.4) is 0 Å². The molecule has 0 spiro atoms. The van der Waals surface area contributed by atoms with Gasteiger partial charge in [0.1, 0.15) is 24.4 Å². The minimum Gasteiger partial charge on any atom is -0.488 e. The van der Waals surface area contributed by atoms with Crippen molar-refractivity contribution >= 4 is 11.7 Å². The van der Waals surface area contributed by atoms with Gasteiger partial charge in [0.15, 0.2) is 0 Å². The second-order valence-corrected chi connectivity index (χ2v) is 10.1. The maximum Gasteiger partial charge on any atom is 0.251 e. The second-order valence-electron chi connectivity index (χ2n) is 10.1. The van der Waals surface area contributed by atoms with E-state index in [4.69, 9.17) is 9.26 Å². The number of hydrogen-bond acceptors (Lipinski definition) is 8. The van der Waals surface area contributed by atoms with Crippen molar-refractivity contribution in [2.24, 2.45) is 0 Å². The number of hydrogen-bond donors (Lipinski definition) is 3. The molecule has 37 heavy (non-hydrogen) atoms. The number of amides is 1. The van der Waals surface area contributed by atoms with Crippen molar-refractivity contribution in [1.29, 1.82) is 0 Å². The number of aliphatic hydroxyl groups is 1. The van der Waals surface area contributed by atoms with E-state index in [-0.39, 0.29) is 12.5 Å². The molecule has 1 aliphatic carbocycles. The molecule has 1 fully saturated rings. The topological polar surface area (TPSA) is 113 Å². The van der Waals surface area contributed by atoms with E-state index in [0.717, 1.165) is 60.7 Å². The van der Waals surface area contributed by atoms with Crippen LogP contribution in [0.15, 0.2) is 41.2 Å². The van der Waals surface area contributed by atoms with Crippen molar-refractivity contribution in [2.45, 2.75) is 64.8 Å². The summed E-state index contributed by atoms with van der Waals surface area (Å²) in [6.07, 6.45) is 7.01. The SMILES string of the molecule is Cc1nocc1COc1ccc2c(c1C)CCN(CC(O)CNC(=O)c1ccnc(NC3CCC3)c1)C2. The number of carbonyl (C=O) groups excluding carboxylic acids is 1. The highest BCUT2D eigenvalue weighted by Gasteiger charge is 2.22. The molecule has 9 heteroatoms. The Morgan fingerprint density at radius 1 is 1.30 bits per heavy atom. The molecular formula is C28H35N5O4. The summed E-state index contributed by atoms with van der Waals surface area (Å²) in [5.74, 6) is 1.40. The molecule has 0 saturated heterocycles. The van der Waals surface area contributed by atoms with E-state index in [1.54, 1.807) is 24.6 Å². The Morgan fingerprint density at radius 3 is 2.92 bits per heavy atom. The molecule has 2 aliphatic rings. The van der Waals surface area contributed by atoms with E-state index in [0.29, 0.717) is 24.8 Å². The molecular weight excluding hydrogens is 470 g/mol. The zero-order chi connectivity index (χ0) is 25.8. The molecule has 2 aromatic heterocycles. The predicted octanol–water partition coefficient (Wildman–Crippen LogP) is 3.38. The van der Waals surface area contributed by atoms with Crippen LogP contribution in [0, 0.1) is 13.8 Å². The molecule has 1 aromatic carbocycles. The van der Waals surface area contributed by atoms with E-state index in [1.807, 2.05) is 13.0 Å². The van der Waals surface area contributed by atoms with Gasteiger partial charge in [-0.2, -0.15) is 0 Å². The molecule has 3 heterocycles. The van der Waals surface area contributed by atoms with Gasteiger partial charge >= 0.3 is 0 Å². The molecule has 0 bridgehead atoms. The third-order valence-electron chi connectivity index (χ3n) is 7.40. The standard InChI is InChI=1S/C28H35N5O4/c1-18-25-9-11-33(14-21(25)6-7-26(18)36-16-22-17-37-32-19(22)2)15-24(34)13-30-28(35)20-8-10-29-27(12-20)31-23-4-3-5-23/h6-8,10,12,17,23-24,34H,3-5,9,11,13-16H2,1-2H3,(H,29,31)(H,30,35). The second kappa shape index (κ2) is 11.3. The van der Waals surface area contributed by atoms with E-state index in [9.17, 15) is 9.90 Å². The van der Waals surface area contributed by atoms with Gasteiger partial charge in [0.25, 0.3) is 5.91 Å². The lowest BCUT2D eigenvalue weighted by Crippen LogP contribution is -2.42. The molecule has 196 valence electrons. The number of aromatic nitrogens is 2. The normalized spacial score (nSPS) is 16.5. The first kappa shape index (κ1) is 25.2. The summed E-state index contributed by atoms with van der Waals surface area (Å²) in [5.41, 5.74) is 6.04. The van der Waals surface area contributed by atoms with Gasteiger partial charge in [-0.1, -0.05) is 11.2 Å². The lowest BCUT2D eigenvalue weighted by molar-refractivity contribution is 0.0841. The van der Waals surface area contributed by atoms with Crippen LogP contribution in [-0.4, -0.2) is 57.8 Å². The molecule has 5 rings (SSSR count). The number of nitrogens with zero attached hydrogens (tertiary/aromatic N) is 3. The summed E-state index contributed by atoms with van der Waals surface area (Å²) in [4.78, 5) is 19.2. The minimum absolute atomic E-state index is 0.198. The highest BCUT2D eigenvalue weighted by atomic mass is 16.5. The van der Waals surface area contributed by atoms with Gasteiger partial charge in [-0.3, -0.25) is 9.69 Å². The largest absolute Gasteiger partial charge is 0.488 e. The number of aliphatic hydroxyl groups excluding tert-OH is 1. The van der Waals surface area contributed by atoms with Crippen LogP contribution in [0.1, 0.15) is 57.6 Å². The van der Waals surface area contributed by atoms with Crippen LogP contribution in [0.25, 0.3) is 0 Å². The number of carbonyl (C=O) groups is 1. The highest BCUT2D eigenvalue weighted by molar-refractivity contribution is 5.94. The first-order chi connectivity index (χ1) is 18.0. The van der Waals surface area contributed by atoms with Crippen LogP contribution < -0.4 is 15.4 Å². The van der Waals surface area contributed by atoms with Gasteiger partial charge in [-0.05, 0) is 74.4 Å². The zero-order valence-electron chi connectivity index (χ0n) is 21.5. The van der Waals surface area contributed by atoms with Gasteiger partial charge in [-0.25, -0.2) is 4.98 Å². The molecule has 3 N–H and O–H groups in total. The fourth-order valence-corrected chi connectivity index (χ4v) is 4.88. The molecule has 1 atom stereocenters. The Labute approximate surface area is 217 Å². The number of aryl methyl sites for hydroxylation is 1. The fourth-order valence-electron chi connectivity index (χ4n) is 4.88. The average Bonchev–Trinajstić information content (AvgIpc) is 3.29. The Hall–Kier alpha value is -3.43. The Balaban J connectivity index is 1.10. The monoisotopic (exact) mass is 505 g/mol. The Morgan fingerprint density at radius 2 is 2.16 bits per heavy atom. The van der Waals surface area contributed by atoms with Crippen molar-refractivity contribution in [3.63, 3.8) is 0 Å². The van der Waals surface area contributed by atoms with Gasteiger partial charge in [0.2, 0.25) is 0 Å². The summed E-state index contributed by atoms with van der Waals surface area (Å²) in [6.45, 7) is 6.72. The number of fused-ring (bicyclic) bond motifs is 1. The molecule has 1 aliphatic heterocycles. The maximum atomic E-state index is 12.6. The van der Waals surface area contributed by atoms with Crippen LogP contribution in [0.4, 0.5) is 5.82 Å². The average molecular weight is 506 g/mol. The molecule has 3 aromatic rings. The number of β-amino-alcohol motifs (C(OH)–C–C–N with tert-alkyl or cyclic N) is 1. The van der Waals surface area contributed by atoms with Crippen LogP contribution in [0.5, 0.6) is 5.75 Å². The van der Waals surface area contributed by atoms with Crippen LogP contribution in [-0.2, 0) is 19.6 Å². The van der Waals surface area contributed by atoms with Crippen molar-refractivity contribution in [2.75, 3.05) is 25.0 Å². The predicted molar refractivity (Wildman–Crippen MR) is 140 cm³/mol. The summed E-state index contributed by atoms with van der Waals surface area (Å²) in [5, 5.41) is 20.8. The smallest absolute Gasteiger partial charge is 0.251 e. The molecule has 9 nitrogen and oxygen atoms in total. The lowest BCUT2D eigenvalue weighted by Gasteiger charge is -2.31. The van der Waals surface area contributed by atoms with Gasteiger partial charge < -0.3 is 25.0 Å². The minimum atomic E-state index is -0.657. The third kappa shape index (κ3) is 6.11. The van der Waals surface area contributed by atoms with Gasteiger partial charge in [-0.15, -0.1) is 0 Å². The number of nitrogens with one attached hydrogen (secondary N) is 2. The zero-order valence-corrected chi connectivity index (χ0v) is 21.5. The van der Waals surface area contributed by atoms with Crippen molar-refractivity contribution in [1.82, 2.24) is 20.4 Å². The van der Waals surface area contributed by atoms with Crippen LogP contribution in [0.2, 0.25) is 0 Å². The van der Waals surface area contributed by atoms with Gasteiger partial charge in [0.05, 0.1) is 17.4 Å². The fraction of sp³-hybridized carbons (Fsp3) is 0.464. The Kier molecular flexibility index (Phi) is 7.71. The van der Waals surface area contributed by atoms with Crippen molar-refractivity contribution in [3.8, 4) is 5.75 Å². The summed E-state index contributed by atoms with van der Waals surface area (Å²) in [7, 11) is 0. The number of ether oxygens (including phenoxy) is 1. The first-order valence-corrected chi connectivity index (χ1v) is 13.0. The van der Waals surface area contributed by atoms with Crippen molar-refractivity contribution < 1.29 is 19.2 Å². The van der Waals surface area contributed by atoms with Crippen LogP contribution >= 0.6 is 0 Å². The summed E-state index contributed by atoms with van der Waals surface area (Å²) >= 11 is 0. The van der Waals surface area contributed by atoms with Crippen molar-refractivity contribution in [3.05, 3.63) is 70.2 Å². The molecule has 1 amide bonds. The van der Waals surface area contributed by atoms with E-state index >= 15 is 0 Å². The van der Waals surface area contributed by atoms with E-state index in [1.165, 1.54) is 17.5 Å². The molecule has 0 radical (unpaired) electrons. The number of benzene rings is 1. The number of pyridine rings is 1. The lowest BCUT2D eigenvalue weighted by atomic mass is 9.93. The Bertz CT molecular complexity index is 1240. The summed E-state index contributed by atoms with van der Waals surface area (Å²) < 4.78 is 11.0. The quantitative estimate of drug-likeness (QED) is 0.384.